The summed E-state index contributed by atoms with van der Waals surface area (Å²) in [4.78, 5) is 64.4. The molecule has 4 fully saturated rings. The summed E-state index contributed by atoms with van der Waals surface area (Å²) < 4.78 is 66.5. The molecule has 10 rings (SSSR count). The quantitative estimate of drug-likeness (QED) is 0.0184. The maximum atomic E-state index is 12.9. The number of nitrogens with one attached hydrogen (secondary N) is 1. The third-order valence-electron chi connectivity index (χ3n) is 18.9. The first kappa shape index (κ1) is 94.8. The van der Waals surface area contributed by atoms with Gasteiger partial charge in [0.05, 0.1) is 58.8 Å². The van der Waals surface area contributed by atoms with Crippen LogP contribution in [-0.4, -0.2) is 217 Å². The molecular formula is C64H93BCl8F5N6O17. The fraction of sp³-hybridized carbons (Fsp3) is 0.672. The van der Waals surface area contributed by atoms with Crippen molar-refractivity contribution in [2.45, 2.75) is 166 Å². The number of aliphatic hydroxyl groups is 4. The normalized spacial score (nSPS) is 28.1. The van der Waals surface area contributed by atoms with Gasteiger partial charge >= 0.3 is 37.0 Å². The second-order valence-electron chi connectivity index (χ2n) is 24.2. The van der Waals surface area contributed by atoms with Gasteiger partial charge < -0.3 is 79.2 Å². The first-order valence-electron chi connectivity index (χ1n) is 31.8. The van der Waals surface area contributed by atoms with E-state index in [1.165, 1.54) is 12.5 Å². The van der Waals surface area contributed by atoms with E-state index in [2.05, 4.69) is 100 Å². The van der Waals surface area contributed by atoms with Crippen LogP contribution in [0.25, 0.3) is 0 Å². The third-order valence-corrected chi connectivity index (χ3v) is 19.6. The molecule has 575 valence electrons. The van der Waals surface area contributed by atoms with Gasteiger partial charge in [-0.05, 0) is 157 Å². The molecule has 2 aromatic carbocycles. The molecule has 12 atom stereocenters. The number of anilines is 2. The Labute approximate surface area is 628 Å². The number of likely N-dealkylation sites (N-methyl/N-ethyl adjacent to an activating group) is 2. The largest absolute Gasteiger partial charge is 0.515 e. The van der Waals surface area contributed by atoms with Crippen LogP contribution in [0.4, 0.5) is 53.6 Å². The highest BCUT2D eigenvalue weighted by atomic mass is 35.6. The maximum absolute atomic E-state index is 12.9. The Balaban J connectivity index is 0.000000698. The molecule has 8 aliphatic rings. The number of esters is 1. The van der Waals surface area contributed by atoms with Crippen molar-refractivity contribution in [1.82, 2.24) is 15.1 Å². The van der Waals surface area contributed by atoms with E-state index in [9.17, 15) is 39.3 Å². The highest BCUT2D eigenvalue weighted by Gasteiger charge is 2.79. The number of nitrogens with zero attached hydrogens (tertiary/aromatic N) is 4. The number of aliphatic hydroxyl groups excluding tert-OH is 2. The number of ether oxygens (including phenoxy) is 8. The maximum Gasteiger partial charge on any atom is 0.515 e. The SMILES string of the molecule is CCCO.CCCOC(=O)Cl.CCCOC(=O)Cl.CCCOC(=O)NC[C@@]1(O)[C@H](OC(C)=O)[C@]2(CC)C=CCN3CC[C@@]4(c5ccc(OC)cc5N(C)[C@@H]14)[C@@H]32.CC[C@]12C=CCN3CC[C@@]4(c5ccc(OC)cc5N(C)[C@H]4[C@@](O)(CN)[C@@H]1O)[C@@H]32.F.FF.FF.O=C(OC(Cl)(Cl)Cl)OC(Cl)(Cl)Cl.[B]. The second-order valence-corrected chi connectivity index (χ2v) is 29.2. The summed E-state index contributed by atoms with van der Waals surface area (Å²) in [5, 5.41) is 47.1. The molecule has 101 heavy (non-hydrogen) atoms. The Kier molecular flexibility index (Phi) is 39.1. The lowest BCUT2D eigenvalue weighted by Crippen LogP contribution is -2.81. The van der Waals surface area contributed by atoms with Crippen molar-refractivity contribution in [2.75, 3.05) is 104 Å². The van der Waals surface area contributed by atoms with E-state index in [1.807, 2.05) is 60.0 Å². The molecule has 2 aromatic rings. The highest BCUT2D eigenvalue weighted by Crippen LogP contribution is 2.69. The van der Waals surface area contributed by atoms with E-state index < -0.39 is 82.7 Å². The lowest BCUT2D eigenvalue weighted by molar-refractivity contribution is -0.217. The van der Waals surface area contributed by atoms with E-state index in [1.54, 1.807) is 14.2 Å². The minimum absolute atomic E-state index is 0. The van der Waals surface area contributed by atoms with E-state index in [0.29, 0.717) is 32.7 Å². The predicted octanol–water partition coefficient (Wildman–Crippen LogP) is 12.6. The van der Waals surface area contributed by atoms with Gasteiger partial charge in [0.25, 0.3) is 0 Å². The Morgan fingerprint density at radius 3 is 1.37 bits per heavy atom. The number of alkyl halides is 6. The van der Waals surface area contributed by atoms with Crippen LogP contribution in [0.15, 0.2) is 60.7 Å². The Bertz CT molecular complexity index is 3000. The first-order valence-corrected chi connectivity index (χ1v) is 34.8. The van der Waals surface area contributed by atoms with Gasteiger partial charge in [0.2, 0.25) is 0 Å². The fourth-order valence-electron chi connectivity index (χ4n) is 16.0. The number of carbonyl (C=O) groups is 5. The number of carbonyl (C=O) groups excluding carboxylic acids is 5. The van der Waals surface area contributed by atoms with Crippen LogP contribution in [0.2, 0.25) is 0 Å². The van der Waals surface area contributed by atoms with E-state index in [4.69, 9.17) is 141 Å². The molecule has 37 heteroatoms. The van der Waals surface area contributed by atoms with E-state index in [-0.39, 0.29) is 56.4 Å². The number of rotatable bonds is 15. The van der Waals surface area contributed by atoms with Crippen molar-refractivity contribution in [3.05, 3.63) is 71.8 Å². The molecule has 6 aliphatic heterocycles. The van der Waals surface area contributed by atoms with Crippen LogP contribution in [0.3, 0.4) is 0 Å². The lowest BCUT2D eigenvalue weighted by atomic mass is 9.47. The smallest absolute Gasteiger partial charge is 0.497 e. The monoisotopic (exact) mass is 1600 g/mol. The minimum atomic E-state index is -2.24. The number of alkyl carbamates (subject to hydrolysis) is 1. The average Bonchev–Trinajstić information content (AvgIpc) is 1.52. The van der Waals surface area contributed by atoms with Crippen molar-refractivity contribution in [1.29, 1.82) is 0 Å². The van der Waals surface area contributed by atoms with Crippen LogP contribution in [0.5, 0.6) is 11.5 Å². The molecule has 0 bridgehead atoms. The van der Waals surface area contributed by atoms with Gasteiger partial charge in [-0.1, -0.05) is 78.0 Å². The summed E-state index contributed by atoms with van der Waals surface area (Å²) in [6.45, 7) is 18.1. The molecule has 2 aliphatic carbocycles. The molecular weight excluding hydrogens is 1510 g/mol. The number of halogens is 13. The van der Waals surface area contributed by atoms with Crippen molar-refractivity contribution in [2.24, 2.45) is 16.6 Å². The molecule has 0 unspecified atom stereocenters. The summed E-state index contributed by atoms with van der Waals surface area (Å²) in [6.07, 6.45) is 11.2. The van der Waals surface area contributed by atoms with Crippen LogP contribution in [0.1, 0.15) is 111 Å². The highest BCUT2D eigenvalue weighted by molar-refractivity contribution is 6.67. The number of amides is 1. The van der Waals surface area contributed by atoms with E-state index >= 15 is 0 Å². The molecule has 6 heterocycles. The number of hydrogen-bond donors (Lipinski definition) is 6. The zero-order chi connectivity index (χ0) is 75.3. The molecule has 2 spiro atoms. The minimum Gasteiger partial charge on any atom is -0.497 e. The van der Waals surface area contributed by atoms with Gasteiger partial charge in [0, 0.05) is 154 Å². The van der Waals surface area contributed by atoms with Crippen molar-refractivity contribution in [3.63, 3.8) is 0 Å². The number of hydrogen-bond acceptors (Lipinski definition) is 22. The average molecular weight is 1610 g/mol. The summed E-state index contributed by atoms with van der Waals surface area (Å²) in [6, 6.07) is 11.8. The van der Waals surface area contributed by atoms with Gasteiger partial charge in [-0.3, -0.25) is 19.3 Å². The second kappa shape index (κ2) is 41.7. The number of fused-ring (bicyclic) bond motifs is 2. The standard InChI is InChI=1S/C28H39N3O6.C22H31N3O3.2C4H7ClO2.C3Cl6O3.C3H8O.B.2F2.FH/c1-6-15-36-25(33)29-17-28(34)23-27(20-10-9-19(35-5)16-21(20)30(23)4)12-14-31-13-8-11-26(7-2,22(27)31)24(28)37-18(3)32;1-4-20-8-5-10-25-11-9-21(17(20)25)15-7-6-14(28-3)12-16(15)24(2)18(21)22(27,13-23)19(20)26;2*1-2-3-7-4(5)6;4-2(5,6)11-1(10)12-3(7,8)9;1-2-3-4;;2*1-2;/h8-11,16,22-24,34H,6-7,12-15,17H2,1-5H3,(H,29,33);5-8,12,17-19,26-27H,4,9-11,13,23H2,1-3H3;2*2-3H2,1H3;;4H,2-3H2,1H3;;;;1H/t22-,23+,24+,26+,27+,28-;17-,18+,19+,20+,21+,22-;;;;;;;;/m00......../s1. The summed E-state index contributed by atoms with van der Waals surface area (Å²) in [5.74, 6) is 1.08. The van der Waals surface area contributed by atoms with E-state index in [0.717, 1.165) is 93.1 Å². The summed E-state index contributed by atoms with van der Waals surface area (Å²) in [7, 11) is 7.31. The molecule has 23 nitrogen and oxygen atoms in total. The Morgan fingerprint density at radius 1 is 0.644 bits per heavy atom. The molecule has 0 aromatic heterocycles. The molecule has 2 saturated heterocycles. The molecule has 1 amide bonds. The number of nitrogens with two attached hydrogens (primary N) is 1. The van der Waals surface area contributed by atoms with Crippen LogP contribution >= 0.6 is 92.8 Å². The topological polar surface area (TPSA) is 291 Å². The zero-order valence-corrected chi connectivity index (χ0v) is 64.0. The Hall–Kier alpha value is -4.18. The summed E-state index contributed by atoms with van der Waals surface area (Å²) >= 11 is 39.8. The van der Waals surface area contributed by atoms with Crippen molar-refractivity contribution in [3.8, 4) is 11.5 Å². The van der Waals surface area contributed by atoms with Crippen LogP contribution < -0.4 is 30.3 Å². The van der Waals surface area contributed by atoms with Gasteiger partial charge in [-0.25, -0.2) is 19.2 Å². The first-order chi connectivity index (χ1) is 46.6. The predicted molar refractivity (Wildman–Crippen MR) is 381 cm³/mol. The van der Waals surface area contributed by atoms with Crippen LogP contribution in [0, 0.1) is 10.8 Å². The van der Waals surface area contributed by atoms with Crippen LogP contribution in [-0.2, 0) is 44.0 Å². The molecule has 7 N–H and O–H groups in total. The molecule has 3 radical (unpaired) electrons. The zero-order valence-electron chi connectivity index (χ0n) is 57.9. The van der Waals surface area contributed by atoms with Gasteiger partial charge in [0.1, 0.15) is 28.8 Å². The third kappa shape index (κ3) is 20.7. The lowest BCUT2D eigenvalue weighted by Gasteiger charge is -2.64. The van der Waals surface area contributed by atoms with Crippen molar-refractivity contribution < 1.29 is 105 Å². The van der Waals surface area contributed by atoms with Crippen molar-refractivity contribution >= 4 is 142 Å². The molecule has 2 saturated carbocycles. The van der Waals surface area contributed by atoms with Gasteiger partial charge in [0.15, 0.2) is 0 Å². The van der Waals surface area contributed by atoms with Gasteiger partial charge in [-0.2, -0.15) is 0 Å². The number of benzene rings is 2. The summed E-state index contributed by atoms with van der Waals surface area (Å²) in [5.41, 5.74) is 4.35. The Morgan fingerprint density at radius 2 is 1.03 bits per heavy atom. The van der Waals surface area contributed by atoms with Gasteiger partial charge in [-0.15, -0.1) is 0 Å². The fourth-order valence-corrected chi connectivity index (χ4v) is 16.5. The number of methoxy groups -OCH3 is 2.